The molecule has 0 spiro atoms. The second-order valence-electron chi connectivity index (χ2n) is 3.03. The van der Waals surface area contributed by atoms with Crippen LogP contribution >= 0.6 is 23.2 Å². The summed E-state index contributed by atoms with van der Waals surface area (Å²) in [5.74, 6) is -0.243. The molecule has 0 saturated carbocycles. The summed E-state index contributed by atoms with van der Waals surface area (Å²) in [7, 11) is 1.61. The lowest BCUT2D eigenvalue weighted by molar-refractivity contribution is -0.126. The molecule has 2 N–H and O–H groups in total. The van der Waals surface area contributed by atoms with Crippen LogP contribution in [0.2, 0.25) is 10.0 Å². The van der Waals surface area contributed by atoms with Crippen molar-refractivity contribution in [3.63, 3.8) is 0 Å². The lowest BCUT2D eigenvalue weighted by atomic mass is 10.2. The first-order valence-corrected chi connectivity index (χ1v) is 5.36. The summed E-state index contributed by atoms with van der Waals surface area (Å²) in [5.41, 5.74) is 5.69. The van der Waals surface area contributed by atoms with Crippen LogP contribution in [0.4, 0.5) is 0 Å². The molecule has 0 bridgehead atoms. The van der Waals surface area contributed by atoms with Crippen LogP contribution in [0.5, 0.6) is 0 Å². The zero-order chi connectivity index (χ0) is 12.0. The smallest absolute Gasteiger partial charge is 0.260 e. The fourth-order valence-corrected chi connectivity index (χ4v) is 1.53. The zero-order valence-electron chi connectivity index (χ0n) is 8.72. The Balaban J connectivity index is 2.40. The zero-order valence-corrected chi connectivity index (χ0v) is 10.2. The molecule has 0 aliphatic heterocycles. The number of rotatable bonds is 5. The van der Waals surface area contributed by atoms with E-state index in [2.05, 4.69) is 10.9 Å². The first kappa shape index (κ1) is 13.3. The van der Waals surface area contributed by atoms with Gasteiger partial charge < -0.3 is 4.74 Å². The summed E-state index contributed by atoms with van der Waals surface area (Å²) in [6, 6.07) is 5.12. The van der Waals surface area contributed by atoms with Gasteiger partial charge in [-0.3, -0.25) is 10.2 Å². The number of carbonyl (C=O) groups is 1. The van der Waals surface area contributed by atoms with Gasteiger partial charge in [0.15, 0.2) is 0 Å². The molecular formula is C10H12Cl2N2O2. The van der Waals surface area contributed by atoms with E-state index >= 15 is 0 Å². The quantitative estimate of drug-likeness (QED) is 0.796. The third-order valence-electron chi connectivity index (χ3n) is 1.77. The van der Waals surface area contributed by atoms with E-state index in [1.165, 1.54) is 0 Å². The largest absolute Gasteiger partial charge is 0.367 e. The number of halogens is 2. The molecule has 88 valence electrons. The van der Waals surface area contributed by atoms with Crippen molar-refractivity contribution in [1.29, 1.82) is 0 Å². The third-order valence-corrected chi connectivity index (χ3v) is 2.36. The Bertz CT molecular complexity index is 372. The lowest BCUT2D eigenvalue weighted by Crippen LogP contribution is -2.36. The number of carbonyl (C=O) groups excluding carboxylic acids is 1. The van der Waals surface area contributed by atoms with Gasteiger partial charge in [-0.25, -0.2) is 5.43 Å². The van der Waals surface area contributed by atoms with Crippen molar-refractivity contribution in [2.75, 3.05) is 13.7 Å². The second-order valence-corrected chi connectivity index (χ2v) is 3.87. The molecule has 0 unspecified atom stereocenters. The van der Waals surface area contributed by atoms with E-state index in [1.807, 2.05) is 0 Å². The predicted octanol–water partition coefficient (Wildman–Crippen LogP) is 1.76. The Morgan fingerprint density at radius 1 is 1.44 bits per heavy atom. The van der Waals surface area contributed by atoms with Crippen molar-refractivity contribution in [3.8, 4) is 0 Å². The van der Waals surface area contributed by atoms with Crippen LogP contribution in [0.1, 0.15) is 5.56 Å². The molecule has 0 radical (unpaired) electrons. The maximum Gasteiger partial charge on any atom is 0.260 e. The number of hydrogen-bond acceptors (Lipinski definition) is 3. The molecule has 0 fully saturated rings. The van der Waals surface area contributed by atoms with Gasteiger partial charge in [-0.05, 0) is 17.7 Å². The van der Waals surface area contributed by atoms with Gasteiger partial charge in [0.25, 0.3) is 5.91 Å². The van der Waals surface area contributed by atoms with E-state index < -0.39 is 0 Å². The summed E-state index contributed by atoms with van der Waals surface area (Å²) in [5, 5.41) is 1.10. The minimum Gasteiger partial charge on any atom is -0.367 e. The fourth-order valence-electron chi connectivity index (χ4n) is 1.07. The third kappa shape index (κ3) is 4.37. The number of hydrazine groups is 1. The van der Waals surface area contributed by atoms with Crippen LogP contribution in [-0.2, 0) is 16.1 Å². The monoisotopic (exact) mass is 262 g/mol. The summed E-state index contributed by atoms with van der Waals surface area (Å²) >= 11 is 11.7. The average Bonchev–Trinajstić information content (AvgIpc) is 2.22. The van der Waals surface area contributed by atoms with Crippen LogP contribution in [0.3, 0.4) is 0 Å². The maximum absolute atomic E-state index is 11.0. The minimum absolute atomic E-state index is 0.0280. The summed E-state index contributed by atoms with van der Waals surface area (Å²) in [4.78, 5) is 11.0. The van der Waals surface area contributed by atoms with E-state index in [0.29, 0.717) is 10.0 Å². The second kappa shape index (κ2) is 6.70. The van der Waals surface area contributed by atoms with Crippen molar-refractivity contribution in [2.24, 2.45) is 0 Å². The highest BCUT2D eigenvalue weighted by Crippen LogP contribution is 2.21. The Morgan fingerprint density at radius 2 is 2.19 bits per heavy atom. The van der Waals surface area contributed by atoms with Gasteiger partial charge in [0.1, 0.15) is 6.61 Å². The average molecular weight is 263 g/mol. The molecule has 0 aliphatic carbocycles. The molecule has 0 atom stereocenters. The number of hydrogen-bond donors (Lipinski definition) is 2. The Kier molecular flexibility index (Phi) is 5.55. The number of nitrogens with one attached hydrogen (secondary N) is 2. The molecular weight excluding hydrogens is 251 g/mol. The normalized spacial score (nSPS) is 10.2. The standard InChI is InChI=1S/C10H12Cl2N2O2/c1-13-14-10(15)6-16-5-7-2-3-8(11)4-9(7)12/h2-4,13H,5-6H2,1H3,(H,14,15). The predicted molar refractivity (Wildman–Crippen MR) is 63.3 cm³/mol. The number of benzene rings is 1. The lowest BCUT2D eigenvalue weighted by Gasteiger charge is -2.06. The van der Waals surface area contributed by atoms with Gasteiger partial charge >= 0.3 is 0 Å². The Hall–Kier alpha value is -0.810. The fraction of sp³-hybridized carbons (Fsp3) is 0.300. The van der Waals surface area contributed by atoms with Crippen molar-refractivity contribution in [1.82, 2.24) is 10.9 Å². The molecule has 0 saturated heterocycles. The molecule has 1 aromatic rings. The van der Waals surface area contributed by atoms with Crippen LogP contribution < -0.4 is 10.9 Å². The van der Waals surface area contributed by atoms with Gasteiger partial charge in [-0.15, -0.1) is 0 Å². The van der Waals surface area contributed by atoms with Gasteiger partial charge in [0.05, 0.1) is 6.61 Å². The topological polar surface area (TPSA) is 50.4 Å². The van der Waals surface area contributed by atoms with Gasteiger partial charge in [-0.2, -0.15) is 0 Å². The maximum atomic E-state index is 11.0. The van der Waals surface area contributed by atoms with E-state index in [4.69, 9.17) is 27.9 Å². The van der Waals surface area contributed by atoms with Gasteiger partial charge in [0, 0.05) is 17.1 Å². The minimum atomic E-state index is -0.243. The SMILES string of the molecule is CNNC(=O)COCc1ccc(Cl)cc1Cl. The van der Waals surface area contributed by atoms with Crippen LogP contribution in [-0.4, -0.2) is 19.6 Å². The molecule has 0 heterocycles. The summed E-state index contributed by atoms with van der Waals surface area (Å²) in [6.45, 7) is 0.243. The highest BCUT2D eigenvalue weighted by molar-refractivity contribution is 6.35. The molecule has 16 heavy (non-hydrogen) atoms. The van der Waals surface area contributed by atoms with E-state index in [0.717, 1.165) is 5.56 Å². The Labute approximate surface area is 104 Å². The van der Waals surface area contributed by atoms with E-state index in [9.17, 15) is 4.79 Å². The summed E-state index contributed by atoms with van der Waals surface area (Å²) < 4.78 is 5.18. The molecule has 1 amide bonds. The van der Waals surface area contributed by atoms with Gasteiger partial charge in [-0.1, -0.05) is 29.3 Å². The van der Waals surface area contributed by atoms with Crippen molar-refractivity contribution < 1.29 is 9.53 Å². The highest BCUT2D eigenvalue weighted by Gasteiger charge is 2.03. The van der Waals surface area contributed by atoms with Crippen LogP contribution in [0.25, 0.3) is 0 Å². The van der Waals surface area contributed by atoms with E-state index in [-0.39, 0.29) is 19.1 Å². The molecule has 4 nitrogen and oxygen atoms in total. The van der Waals surface area contributed by atoms with Crippen molar-refractivity contribution in [2.45, 2.75) is 6.61 Å². The summed E-state index contributed by atoms with van der Waals surface area (Å²) in [6.07, 6.45) is 0. The molecule has 1 aromatic carbocycles. The number of ether oxygens (including phenoxy) is 1. The van der Waals surface area contributed by atoms with Gasteiger partial charge in [0.2, 0.25) is 0 Å². The first-order chi connectivity index (χ1) is 7.63. The Morgan fingerprint density at radius 3 is 2.81 bits per heavy atom. The molecule has 0 aliphatic rings. The molecule has 0 aromatic heterocycles. The van der Waals surface area contributed by atoms with E-state index in [1.54, 1.807) is 25.2 Å². The molecule has 6 heteroatoms. The number of amides is 1. The van der Waals surface area contributed by atoms with Crippen LogP contribution in [0, 0.1) is 0 Å². The van der Waals surface area contributed by atoms with Crippen LogP contribution in [0.15, 0.2) is 18.2 Å². The van der Waals surface area contributed by atoms with Crippen molar-refractivity contribution >= 4 is 29.1 Å². The first-order valence-electron chi connectivity index (χ1n) is 4.60. The highest BCUT2D eigenvalue weighted by atomic mass is 35.5. The molecule has 1 rings (SSSR count). The van der Waals surface area contributed by atoms with Crippen molar-refractivity contribution in [3.05, 3.63) is 33.8 Å².